The highest BCUT2D eigenvalue weighted by Crippen LogP contribution is 2.59. The molecule has 0 radical (unpaired) electrons. The molecule has 1 aromatic rings. The molecule has 0 amide bonds. The molecule has 3 nitrogen and oxygen atoms in total. The van der Waals surface area contributed by atoms with Crippen LogP contribution in [-0.2, 0) is 15.1 Å². The maximum atomic E-state index is 14.3. The molecule has 0 heterocycles. The summed E-state index contributed by atoms with van der Waals surface area (Å²) in [5.74, 6) is -29.5. The van der Waals surface area contributed by atoms with Gasteiger partial charge >= 0.3 is 35.8 Å². The lowest BCUT2D eigenvalue weighted by Crippen LogP contribution is -2.67. The average molecular weight is 476 g/mol. The van der Waals surface area contributed by atoms with Gasteiger partial charge in [-0.2, -0.15) is 48.3 Å². The molecule has 0 aliphatic carbocycles. The van der Waals surface area contributed by atoms with E-state index in [4.69, 9.17) is 0 Å². The van der Waals surface area contributed by atoms with Crippen LogP contribution in [0.1, 0.15) is 29.3 Å². The minimum atomic E-state index is -7.53. The number of ether oxygens (including phenoxy) is 2. The Morgan fingerprint density at radius 3 is 1.71 bits per heavy atom. The van der Waals surface area contributed by atoms with Crippen molar-refractivity contribution in [2.45, 2.75) is 48.8 Å². The number of hydrogen-bond acceptors (Lipinski definition) is 3. The fourth-order valence-corrected chi connectivity index (χ4v) is 2.65. The highest BCUT2D eigenvalue weighted by Gasteiger charge is 2.87. The number of esters is 1. The van der Waals surface area contributed by atoms with Gasteiger partial charge in [-0.3, -0.25) is 0 Å². The van der Waals surface area contributed by atoms with Gasteiger partial charge in [0.05, 0.1) is 24.7 Å². The number of carbonyl (C=O) groups excluding carboxylic acids is 1. The van der Waals surface area contributed by atoms with Crippen molar-refractivity contribution in [2.75, 3.05) is 14.2 Å². The summed E-state index contributed by atoms with van der Waals surface area (Å²) in [4.78, 5) is 11.8. The van der Waals surface area contributed by atoms with Crippen molar-refractivity contribution in [3.05, 3.63) is 35.4 Å². The van der Waals surface area contributed by atoms with E-state index >= 15 is 0 Å². The van der Waals surface area contributed by atoms with Crippen LogP contribution in [0, 0.1) is 0 Å². The normalized spacial score (nSPS) is 16.1. The molecule has 1 atom stereocenters. The maximum absolute atomic E-state index is 14.3. The van der Waals surface area contributed by atoms with Gasteiger partial charge in [0.1, 0.15) is 0 Å². The Balaban J connectivity index is 3.56. The Morgan fingerprint density at radius 2 is 1.29 bits per heavy atom. The zero-order valence-corrected chi connectivity index (χ0v) is 15.9. The van der Waals surface area contributed by atoms with E-state index in [1.54, 1.807) is 0 Å². The minimum absolute atomic E-state index is 0.527. The van der Waals surface area contributed by atoms with Gasteiger partial charge in [-0.25, -0.2) is 4.79 Å². The van der Waals surface area contributed by atoms with Crippen molar-refractivity contribution in [1.82, 2.24) is 0 Å². The van der Waals surface area contributed by atoms with Crippen LogP contribution in [0.3, 0.4) is 0 Å². The molecule has 0 N–H and O–H groups in total. The summed E-state index contributed by atoms with van der Waals surface area (Å²) in [5, 5.41) is 0. The molecule has 0 spiro atoms. The number of halogens is 11. The van der Waals surface area contributed by atoms with Crippen molar-refractivity contribution in [2.24, 2.45) is 0 Å². The molecule has 0 bridgehead atoms. The third-order valence-corrected chi connectivity index (χ3v) is 4.52. The van der Waals surface area contributed by atoms with Crippen LogP contribution in [0.15, 0.2) is 24.3 Å². The lowest BCUT2D eigenvalue weighted by atomic mass is 9.83. The lowest BCUT2D eigenvalue weighted by molar-refractivity contribution is -0.424. The fourth-order valence-electron chi connectivity index (χ4n) is 2.65. The van der Waals surface area contributed by atoms with Crippen LogP contribution in [0.25, 0.3) is 0 Å². The number of rotatable bonds is 8. The van der Waals surface area contributed by atoms with Gasteiger partial charge < -0.3 is 9.47 Å². The first kappa shape index (κ1) is 26.9. The predicted octanol–water partition coefficient (Wildman–Crippen LogP) is 5.83. The van der Waals surface area contributed by atoms with E-state index in [-0.39, 0.29) is 0 Å². The van der Waals surface area contributed by atoms with E-state index in [1.807, 2.05) is 0 Å². The second-order valence-electron chi connectivity index (χ2n) is 6.57. The zero-order valence-electron chi connectivity index (χ0n) is 15.9. The van der Waals surface area contributed by atoms with E-state index in [2.05, 4.69) is 9.47 Å². The third kappa shape index (κ3) is 4.30. The van der Waals surface area contributed by atoms with E-state index < -0.39 is 59.0 Å². The van der Waals surface area contributed by atoms with Gasteiger partial charge in [0.2, 0.25) is 0 Å². The summed E-state index contributed by atoms with van der Waals surface area (Å²) in [7, 11) is 1.51. The van der Waals surface area contributed by atoms with Crippen LogP contribution in [0.4, 0.5) is 48.3 Å². The molecule has 0 aliphatic heterocycles. The summed E-state index contributed by atoms with van der Waals surface area (Å²) in [5.41, 5.74) is -3.84. The number of methoxy groups -OCH3 is 2. The molecular formula is C17H15F11O3. The van der Waals surface area contributed by atoms with Crippen molar-refractivity contribution in [3.8, 4) is 0 Å². The number of alkyl halides is 11. The second-order valence-corrected chi connectivity index (χ2v) is 6.57. The quantitative estimate of drug-likeness (QED) is 0.350. The molecule has 1 rings (SSSR count). The molecule has 0 aromatic heterocycles. The van der Waals surface area contributed by atoms with Gasteiger partial charge in [-0.15, -0.1) is 0 Å². The molecular weight excluding hydrogens is 461 g/mol. The Kier molecular flexibility index (Phi) is 7.03. The molecule has 0 saturated heterocycles. The average Bonchev–Trinajstić information content (AvgIpc) is 2.65. The van der Waals surface area contributed by atoms with E-state index in [0.29, 0.717) is 14.0 Å². The smallest absolute Gasteiger partial charge is 0.460 e. The van der Waals surface area contributed by atoms with Gasteiger partial charge in [-0.05, 0) is 18.6 Å². The Bertz CT molecular complexity index is 805. The van der Waals surface area contributed by atoms with Crippen LogP contribution in [-0.4, -0.2) is 50.1 Å². The Morgan fingerprint density at radius 1 is 0.806 bits per heavy atom. The van der Waals surface area contributed by atoms with Crippen LogP contribution >= 0.6 is 0 Å². The van der Waals surface area contributed by atoms with Crippen LogP contribution in [0.5, 0.6) is 0 Å². The molecule has 1 unspecified atom stereocenters. The molecule has 31 heavy (non-hydrogen) atoms. The van der Waals surface area contributed by atoms with Gasteiger partial charge in [0.15, 0.2) is 0 Å². The summed E-state index contributed by atoms with van der Waals surface area (Å²) >= 11 is 0. The van der Waals surface area contributed by atoms with Gasteiger partial charge in [0, 0.05) is 7.11 Å². The third-order valence-electron chi connectivity index (χ3n) is 4.52. The number of carbonyl (C=O) groups is 1. The zero-order chi connectivity index (χ0) is 24.7. The first-order valence-electron chi connectivity index (χ1n) is 8.04. The van der Waals surface area contributed by atoms with Crippen molar-refractivity contribution >= 4 is 5.97 Å². The van der Waals surface area contributed by atoms with Crippen molar-refractivity contribution in [3.63, 3.8) is 0 Å². The lowest BCUT2D eigenvalue weighted by Gasteiger charge is -2.40. The van der Waals surface area contributed by atoms with Crippen molar-refractivity contribution in [1.29, 1.82) is 0 Å². The largest absolute Gasteiger partial charge is 0.465 e. The molecule has 1 aromatic carbocycles. The minimum Gasteiger partial charge on any atom is -0.465 e. The highest BCUT2D eigenvalue weighted by molar-refractivity contribution is 5.91. The molecule has 0 saturated carbocycles. The van der Waals surface area contributed by atoms with Gasteiger partial charge in [0.25, 0.3) is 0 Å². The fraction of sp³-hybridized carbons (Fsp3) is 0.588. The standard InChI is InChI=1S/C17H15F11O3/c1-12(31-3,10-7-5-4-6-9(10)11(29)30-2)8-13(18,19)14(20,21)15(22,23)16(24,25)17(26,27)28/h4-7H,8H2,1-3H3. The summed E-state index contributed by atoms with van der Waals surface area (Å²) in [6.45, 7) is 0.624. The first-order chi connectivity index (χ1) is 13.7. The highest BCUT2D eigenvalue weighted by atomic mass is 19.4. The predicted molar refractivity (Wildman–Crippen MR) is 82.6 cm³/mol. The van der Waals surface area contributed by atoms with Crippen LogP contribution in [0.2, 0.25) is 0 Å². The Hall–Kier alpha value is -2.12. The van der Waals surface area contributed by atoms with E-state index in [9.17, 15) is 53.1 Å². The summed E-state index contributed by atoms with van der Waals surface area (Å²) < 4.78 is 155. The topological polar surface area (TPSA) is 35.5 Å². The Labute approximate surface area is 168 Å². The SMILES string of the molecule is COC(=O)c1ccccc1C(C)(CC(F)(F)C(F)(F)C(F)(F)C(F)(F)C(F)(F)F)OC. The molecule has 0 fully saturated rings. The molecule has 178 valence electrons. The molecule has 14 heteroatoms. The first-order valence-corrected chi connectivity index (χ1v) is 8.04. The maximum Gasteiger partial charge on any atom is 0.460 e. The summed E-state index contributed by atoms with van der Waals surface area (Å²) in [6, 6.07) is 4.17. The van der Waals surface area contributed by atoms with E-state index in [0.717, 1.165) is 25.3 Å². The summed E-state index contributed by atoms with van der Waals surface area (Å²) in [6.07, 6.45) is -9.75. The number of benzene rings is 1. The van der Waals surface area contributed by atoms with Gasteiger partial charge in [-0.1, -0.05) is 18.2 Å². The molecule has 0 aliphatic rings. The monoisotopic (exact) mass is 476 g/mol. The van der Waals surface area contributed by atoms with Crippen molar-refractivity contribution < 1.29 is 62.6 Å². The van der Waals surface area contributed by atoms with Crippen LogP contribution < -0.4 is 0 Å². The number of hydrogen-bond donors (Lipinski definition) is 0. The second kappa shape index (κ2) is 8.10. The van der Waals surface area contributed by atoms with E-state index in [1.165, 1.54) is 6.07 Å².